The first-order chi connectivity index (χ1) is 5.97. The van der Waals surface area contributed by atoms with E-state index in [0.29, 0.717) is 0 Å². The first-order valence-corrected chi connectivity index (χ1v) is 4.18. The molecule has 13 heavy (non-hydrogen) atoms. The lowest BCUT2D eigenvalue weighted by Crippen LogP contribution is -2.57. The van der Waals surface area contributed by atoms with Crippen LogP contribution in [0.1, 0.15) is 27.2 Å². The molecular formula is C7H17N3O3. The lowest BCUT2D eigenvalue weighted by molar-refractivity contribution is -0.147. The second-order valence-corrected chi connectivity index (χ2v) is 2.69. The van der Waals surface area contributed by atoms with E-state index in [0.717, 1.165) is 5.12 Å². The van der Waals surface area contributed by atoms with Crippen LogP contribution in [0.5, 0.6) is 0 Å². The van der Waals surface area contributed by atoms with Gasteiger partial charge in [0.05, 0.1) is 0 Å². The molecule has 0 aliphatic heterocycles. The number of carbonyl (C=O) groups excluding carboxylic acids is 1. The highest BCUT2D eigenvalue weighted by Gasteiger charge is 2.13. The Balaban J connectivity index is 4.10. The maximum Gasteiger partial charge on any atom is 0.251 e. The number of hydrogen-bond acceptors (Lipinski definition) is 5. The predicted octanol–water partition coefficient (Wildman–Crippen LogP) is -1.09. The lowest BCUT2D eigenvalue weighted by Gasteiger charge is -2.26. The number of aliphatic hydroxyl groups is 2. The third-order valence-corrected chi connectivity index (χ3v) is 1.18. The van der Waals surface area contributed by atoms with Gasteiger partial charge in [0.2, 0.25) is 0 Å². The molecule has 78 valence electrons. The highest BCUT2D eigenvalue weighted by atomic mass is 16.3. The summed E-state index contributed by atoms with van der Waals surface area (Å²) in [5.41, 5.74) is 4.86. The fourth-order valence-corrected chi connectivity index (χ4v) is 0.713. The van der Waals surface area contributed by atoms with E-state index in [1.807, 2.05) is 0 Å². The minimum Gasteiger partial charge on any atom is -0.377 e. The van der Waals surface area contributed by atoms with Crippen molar-refractivity contribution in [2.45, 2.75) is 39.6 Å². The van der Waals surface area contributed by atoms with E-state index in [1.54, 1.807) is 6.92 Å². The number of carbonyl (C=O) groups is 1. The molecule has 6 heteroatoms. The van der Waals surface area contributed by atoms with Crippen molar-refractivity contribution in [1.82, 2.24) is 16.0 Å². The summed E-state index contributed by atoms with van der Waals surface area (Å²) in [6.45, 7) is 4.63. The van der Waals surface area contributed by atoms with Crippen LogP contribution in [0.2, 0.25) is 0 Å². The third kappa shape index (κ3) is 5.53. The quantitative estimate of drug-likeness (QED) is 0.328. The zero-order valence-electron chi connectivity index (χ0n) is 8.11. The SMILES string of the molecule is CCC(=O)N(NC(C)O)NC(C)O. The second kappa shape index (κ2) is 5.87. The molecular weight excluding hydrogens is 174 g/mol. The van der Waals surface area contributed by atoms with Crippen LogP contribution in [0.25, 0.3) is 0 Å². The van der Waals surface area contributed by atoms with Crippen molar-refractivity contribution in [2.24, 2.45) is 0 Å². The largest absolute Gasteiger partial charge is 0.377 e. The number of rotatable bonds is 5. The van der Waals surface area contributed by atoms with Gasteiger partial charge in [0.25, 0.3) is 5.91 Å². The molecule has 0 saturated carbocycles. The predicted molar refractivity (Wildman–Crippen MR) is 46.8 cm³/mol. The van der Waals surface area contributed by atoms with Crippen LogP contribution in [0.4, 0.5) is 0 Å². The summed E-state index contributed by atoms with van der Waals surface area (Å²) in [6, 6.07) is 0. The van der Waals surface area contributed by atoms with E-state index in [2.05, 4.69) is 10.9 Å². The number of aliphatic hydroxyl groups excluding tert-OH is 2. The van der Waals surface area contributed by atoms with Crippen LogP contribution in [-0.4, -0.2) is 33.7 Å². The van der Waals surface area contributed by atoms with E-state index in [-0.39, 0.29) is 12.3 Å². The first-order valence-electron chi connectivity index (χ1n) is 4.18. The van der Waals surface area contributed by atoms with Crippen LogP contribution in [0.3, 0.4) is 0 Å². The van der Waals surface area contributed by atoms with Crippen molar-refractivity contribution in [2.75, 3.05) is 0 Å². The van der Waals surface area contributed by atoms with Gasteiger partial charge in [-0.2, -0.15) is 10.9 Å². The molecule has 2 unspecified atom stereocenters. The van der Waals surface area contributed by atoms with E-state index in [9.17, 15) is 4.79 Å². The zero-order chi connectivity index (χ0) is 10.4. The first kappa shape index (κ1) is 12.3. The number of nitrogens with one attached hydrogen (secondary N) is 2. The highest BCUT2D eigenvalue weighted by Crippen LogP contribution is 1.88. The molecule has 6 nitrogen and oxygen atoms in total. The maximum atomic E-state index is 11.2. The topological polar surface area (TPSA) is 84.8 Å². The molecule has 0 aliphatic carbocycles. The molecule has 0 aliphatic rings. The standard InChI is InChI=1S/C7H17N3O3/c1-4-7(13)10(8-5(2)11)9-6(3)12/h5-6,8-9,11-12H,4H2,1-3H3. The molecule has 0 spiro atoms. The van der Waals surface area contributed by atoms with Crippen molar-refractivity contribution in [1.29, 1.82) is 0 Å². The van der Waals surface area contributed by atoms with Gasteiger partial charge in [0.1, 0.15) is 12.5 Å². The van der Waals surface area contributed by atoms with Crippen molar-refractivity contribution >= 4 is 5.91 Å². The van der Waals surface area contributed by atoms with Crippen LogP contribution < -0.4 is 10.9 Å². The van der Waals surface area contributed by atoms with E-state index >= 15 is 0 Å². The lowest BCUT2D eigenvalue weighted by atomic mass is 10.5. The van der Waals surface area contributed by atoms with Crippen molar-refractivity contribution in [3.63, 3.8) is 0 Å². The summed E-state index contributed by atoms with van der Waals surface area (Å²) in [6.07, 6.45) is -1.44. The number of nitrogens with zero attached hydrogens (tertiary/aromatic N) is 1. The molecule has 0 rings (SSSR count). The van der Waals surface area contributed by atoms with Gasteiger partial charge >= 0.3 is 0 Å². The van der Waals surface area contributed by atoms with Gasteiger partial charge in [-0.25, -0.2) is 5.12 Å². The Bertz CT molecular complexity index is 151. The Kier molecular flexibility index (Phi) is 5.56. The minimum atomic E-state index is -0.859. The number of hydrogen-bond donors (Lipinski definition) is 4. The smallest absolute Gasteiger partial charge is 0.251 e. The summed E-state index contributed by atoms with van der Waals surface area (Å²) in [4.78, 5) is 11.2. The molecule has 0 aromatic carbocycles. The van der Waals surface area contributed by atoms with Gasteiger partial charge in [0, 0.05) is 6.42 Å². The molecule has 0 fully saturated rings. The Labute approximate surface area is 77.5 Å². The minimum absolute atomic E-state index is 0.262. The second-order valence-electron chi connectivity index (χ2n) is 2.69. The molecule has 0 saturated heterocycles. The van der Waals surface area contributed by atoms with E-state index < -0.39 is 12.5 Å². The summed E-state index contributed by atoms with van der Waals surface area (Å²) in [5.74, 6) is -0.262. The van der Waals surface area contributed by atoms with Crippen LogP contribution in [0.15, 0.2) is 0 Å². The summed E-state index contributed by atoms with van der Waals surface area (Å²) in [5, 5.41) is 18.9. The van der Waals surface area contributed by atoms with Gasteiger partial charge < -0.3 is 10.2 Å². The Morgan fingerprint density at radius 2 is 1.69 bits per heavy atom. The number of amides is 1. The highest BCUT2D eigenvalue weighted by molar-refractivity contribution is 5.74. The molecule has 0 aromatic heterocycles. The fourth-order valence-electron chi connectivity index (χ4n) is 0.713. The fraction of sp³-hybridized carbons (Fsp3) is 0.857. The zero-order valence-corrected chi connectivity index (χ0v) is 8.11. The molecule has 0 bridgehead atoms. The van der Waals surface area contributed by atoms with Gasteiger partial charge in [-0.1, -0.05) is 6.92 Å². The molecule has 0 heterocycles. The van der Waals surface area contributed by atoms with Crippen LogP contribution in [-0.2, 0) is 4.79 Å². The average molecular weight is 191 g/mol. The van der Waals surface area contributed by atoms with Crippen molar-refractivity contribution < 1.29 is 15.0 Å². The third-order valence-electron chi connectivity index (χ3n) is 1.18. The van der Waals surface area contributed by atoms with Crippen molar-refractivity contribution in [3.8, 4) is 0 Å². The van der Waals surface area contributed by atoms with E-state index in [4.69, 9.17) is 10.2 Å². The van der Waals surface area contributed by atoms with Crippen LogP contribution in [0, 0.1) is 0 Å². The monoisotopic (exact) mass is 191 g/mol. The summed E-state index contributed by atoms with van der Waals surface area (Å²) < 4.78 is 0. The van der Waals surface area contributed by atoms with Crippen molar-refractivity contribution in [3.05, 3.63) is 0 Å². The Morgan fingerprint density at radius 3 is 1.92 bits per heavy atom. The molecule has 1 amide bonds. The van der Waals surface area contributed by atoms with E-state index in [1.165, 1.54) is 13.8 Å². The summed E-state index contributed by atoms with van der Waals surface area (Å²) in [7, 11) is 0. The summed E-state index contributed by atoms with van der Waals surface area (Å²) >= 11 is 0. The van der Waals surface area contributed by atoms with Gasteiger partial charge in [-0.05, 0) is 13.8 Å². The number of hydrazine groups is 2. The Morgan fingerprint density at radius 1 is 1.31 bits per heavy atom. The van der Waals surface area contributed by atoms with Gasteiger partial charge in [-0.3, -0.25) is 4.79 Å². The molecule has 2 atom stereocenters. The van der Waals surface area contributed by atoms with Gasteiger partial charge in [0.15, 0.2) is 0 Å². The van der Waals surface area contributed by atoms with Crippen LogP contribution >= 0.6 is 0 Å². The Hall–Kier alpha value is -0.690. The molecule has 0 radical (unpaired) electrons. The normalized spacial score (nSPS) is 15.2. The maximum absolute atomic E-state index is 11.2. The average Bonchev–Trinajstić information content (AvgIpc) is 2.00. The molecule has 4 N–H and O–H groups in total. The molecule has 0 aromatic rings. The van der Waals surface area contributed by atoms with Gasteiger partial charge in [-0.15, -0.1) is 0 Å².